The van der Waals surface area contributed by atoms with Crippen molar-refractivity contribution in [3.8, 4) is 5.88 Å². The molecule has 0 amide bonds. The van der Waals surface area contributed by atoms with Gasteiger partial charge in [-0.1, -0.05) is 11.6 Å². The summed E-state index contributed by atoms with van der Waals surface area (Å²) < 4.78 is 6.35. The molecule has 0 saturated heterocycles. The highest BCUT2D eigenvalue weighted by Gasteiger charge is 2.05. The second kappa shape index (κ2) is 5.80. The summed E-state index contributed by atoms with van der Waals surface area (Å²) in [6, 6.07) is 1.77. The van der Waals surface area contributed by atoms with Crippen LogP contribution in [0.25, 0.3) is 0 Å². The minimum absolute atomic E-state index is 0.566. The van der Waals surface area contributed by atoms with Crippen LogP contribution in [0.4, 0.5) is 0 Å². The molecular formula is C11H10BrClN2OS. The van der Waals surface area contributed by atoms with Crippen LogP contribution in [0.15, 0.2) is 22.2 Å². The maximum Gasteiger partial charge on any atom is 0.228 e. The third kappa shape index (κ3) is 3.40. The first-order valence-electron chi connectivity index (χ1n) is 4.99. The highest BCUT2D eigenvalue weighted by Crippen LogP contribution is 2.25. The topological polar surface area (TPSA) is 35.0 Å². The van der Waals surface area contributed by atoms with E-state index in [1.807, 2.05) is 12.4 Å². The Morgan fingerprint density at radius 2 is 2.29 bits per heavy atom. The van der Waals surface area contributed by atoms with Crippen LogP contribution in [0, 0.1) is 6.92 Å². The van der Waals surface area contributed by atoms with Gasteiger partial charge in [0.1, 0.15) is 0 Å². The number of pyridine rings is 1. The summed E-state index contributed by atoms with van der Waals surface area (Å²) in [6.07, 6.45) is 2.41. The third-order valence-corrected chi connectivity index (χ3v) is 3.96. The van der Waals surface area contributed by atoms with E-state index in [1.54, 1.807) is 23.6 Å². The van der Waals surface area contributed by atoms with Crippen LogP contribution in [-0.2, 0) is 6.42 Å². The standard InChI is InChI=1S/C11H10BrClN2OS/c1-7-10(17-6-15-7)2-3-16-11-9(12)4-8(13)5-14-11/h4-6H,2-3H2,1H3. The second-order valence-corrected chi connectivity index (χ2v) is 5.63. The van der Waals surface area contributed by atoms with Gasteiger partial charge in [0.2, 0.25) is 5.88 Å². The number of thiazole rings is 1. The number of hydrogen-bond acceptors (Lipinski definition) is 4. The first kappa shape index (κ1) is 12.8. The molecule has 0 aliphatic heterocycles. The largest absolute Gasteiger partial charge is 0.476 e. The van der Waals surface area contributed by atoms with Gasteiger partial charge in [-0.25, -0.2) is 9.97 Å². The molecule has 0 bridgehead atoms. The van der Waals surface area contributed by atoms with Gasteiger partial charge in [0.15, 0.2) is 0 Å². The van der Waals surface area contributed by atoms with Crippen molar-refractivity contribution >= 4 is 38.9 Å². The van der Waals surface area contributed by atoms with Crippen LogP contribution >= 0.6 is 38.9 Å². The summed E-state index contributed by atoms with van der Waals surface area (Å²) in [6.45, 7) is 2.58. The molecule has 0 unspecified atom stereocenters. The Balaban J connectivity index is 1.92. The van der Waals surface area contributed by atoms with E-state index < -0.39 is 0 Å². The van der Waals surface area contributed by atoms with Crippen molar-refractivity contribution in [1.82, 2.24) is 9.97 Å². The number of ether oxygens (including phenoxy) is 1. The van der Waals surface area contributed by atoms with Gasteiger partial charge < -0.3 is 4.74 Å². The van der Waals surface area contributed by atoms with Crippen LogP contribution < -0.4 is 4.74 Å². The van der Waals surface area contributed by atoms with Gasteiger partial charge >= 0.3 is 0 Å². The monoisotopic (exact) mass is 332 g/mol. The molecular weight excluding hydrogens is 324 g/mol. The quantitative estimate of drug-likeness (QED) is 0.851. The molecule has 0 radical (unpaired) electrons. The lowest BCUT2D eigenvalue weighted by Gasteiger charge is -2.06. The van der Waals surface area contributed by atoms with Gasteiger partial charge in [-0.15, -0.1) is 11.3 Å². The molecule has 0 aliphatic carbocycles. The summed E-state index contributed by atoms with van der Waals surface area (Å²) in [5.74, 6) is 0.566. The zero-order valence-corrected chi connectivity index (χ0v) is 12.3. The number of halogens is 2. The molecule has 0 spiro atoms. The lowest BCUT2D eigenvalue weighted by atomic mass is 10.3. The van der Waals surface area contributed by atoms with Crippen LogP contribution in [0.3, 0.4) is 0 Å². The summed E-state index contributed by atoms with van der Waals surface area (Å²) >= 11 is 10.8. The first-order chi connectivity index (χ1) is 8.16. The van der Waals surface area contributed by atoms with Crippen molar-refractivity contribution < 1.29 is 4.74 Å². The van der Waals surface area contributed by atoms with Crippen LogP contribution in [0.1, 0.15) is 10.6 Å². The minimum Gasteiger partial charge on any atom is -0.476 e. The van der Waals surface area contributed by atoms with E-state index in [9.17, 15) is 0 Å². The third-order valence-electron chi connectivity index (χ3n) is 2.19. The maximum atomic E-state index is 5.80. The van der Waals surface area contributed by atoms with Crippen LogP contribution in [0.5, 0.6) is 5.88 Å². The zero-order valence-electron chi connectivity index (χ0n) is 9.11. The fraction of sp³-hybridized carbons (Fsp3) is 0.273. The molecule has 2 aromatic rings. The van der Waals surface area contributed by atoms with E-state index in [0.717, 1.165) is 16.6 Å². The van der Waals surface area contributed by atoms with Gasteiger partial charge in [-0.2, -0.15) is 0 Å². The molecule has 0 saturated carbocycles. The Morgan fingerprint density at radius 1 is 1.47 bits per heavy atom. The zero-order chi connectivity index (χ0) is 12.3. The van der Waals surface area contributed by atoms with E-state index in [-0.39, 0.29) is 0 Å². The van der Waals surface area contributed by atoms with E-state index in [1.165, 1.54) is 4.88 Å². The predicted octanol–water partition coefficient (Wildman–Crippen LogP) is 3.88. The average Bonchev–Trinajstić information content (AvgIpc) is 2.68. The second-order valence-electron chi connectivity index (χ2n) is 3.40. The lowest BCUT2D eigenvalue weighted by molar-refractivity contribution is 0.308. The van der Waals surface area contributed by atoms with Crippen LogP contribution in [-0.4, -0.2) is 16.6 Å². The number of hydrogen-bond donors (Lipinski definition) is 0. The van der Waals surface area contributed by atoms with Gasteiger partial charge in [-0.05, 0) is 28.9 Å². The molecule has 2 heterocycles. The highest BCUT2D eigenvalue weighted by molar-refractivity contribution is 9.10. The normalized spacial score (nSPS) is 10.5. The molecule has 2 aromatic heterocycles. The number of nitrogens with zero attached hydrogens (tertiary/aromatic N) is 2. The SMILES string of the molecule is Cc1ncsc1CCOc1ncc(Cl)cc1Br. The lowest BCUT2D eigenvalue weighted by Crippen LogP contribution is -2.03. The summed E-state index contributed by atoms with van der Waals surface area (Å²) in [4.78, 5) is 9.54. The van der Waals surface area contributed by atoms with Crippen molar-refractivity contribution in [1.29, 1.82) is 0 Å². The summed E-state index contributed by atoms with van der Waals surface area (Å²) in [5, 5.41) is 0.586. The Hall–Kier alpha value is -0.650. The average molecular weight is 334 g/mol. The van der Waals surface area contributed by atoms with Crippen molar-refractivity contribution in [3.05, 3.63) is 37.8 Å². The molecule has 0 aliphatic rings. The Kier molecular flexibility index (Phi) is 4.36. The van der Waals surface area contributed by atoms with E-state index in [0.29, 0.717) is 17.5 Å². The fourth-order valence-electron chi connectivity index (χ4n) is 1.31. The van der Waals surface area contributed by atoms with Crippen molar-refractivity contribution in [2.45, 2.75) is 13.3 Å². The first-order valence-corrected chi connectivity index (χ1v) is 7.04. The minimum atomic E-state index is 0.566. The van der Waals surface area contributed by atoms with Crippen molar-refractivity contribution in [3.63, 3.8) is 0 Å². The highest BCUT2D eigenvalue weighted by atomic mass is 79.9. The van der Waals surface area contributed by atoms with E-state index in [4.69, 9.17) is 16.3 Å². The van der Waals surface area contributed by atoms with Crippen LogP contribution in [0.2, 0.25) is 5.02 Å². The fourth-order valence-corrected chi connectivity index (χ4v) is 2.83. The predicted molar refractivity (Wildman–Crippen MR) is 73.0 cm³/mol. The smallest absolute Gasteiger partial charge is 0.228 e. The molecule has 0 atom stereocenters. The number of aromatic nitrogens is 2. The van der Waals surface area contributed by atoms with Gasteiger partial charge in [0, 0.05) is 17.5 Å². The molecule has 6 heteroatoms. The van der Waals surface area contributed by atoms with E-state index in [2.05, 4.69) is 25.9 Å². The van der Waals surface area contributed by atoms with Gasteiger partial charge in [0.25, 0.3) is 0 Å². The maximum absolute atomic E-state index is 5.80. The van der Waals surface area contributed by atoms with Crippen molar-refractivity contribution in [2.24, 2.45) is 0 Å². The Morgan fingerprint density at radius 3 is 2.94 bits per heavy atom. The molecule has 0 N–H and O–H groups in total. The number of rotatable bonds is 4. The number of aryl methyl sites for hydroxylation is 1. The molecule has 0 fully saturated rings. The molecule has 3 nitrogen and oxygen atoms in total. The Bertz CT molecular complexity index is 518. The molecule has 2 rings (SSSR count). The summed E-state index contributed by atoms with van der Waals surface area (Å²) in [5.41, 5.74) is 2.92. The van der Waals surface area contributed by atoms with Crippen molar-refractivity contribution in [2.75, 3.05) is 6.61 Å². The molecule has 17 heavy (non-hydrogen) atoms. The van der Waals surface area contributed by atoms with E-state index >= 15 is 0 Å². The Labute approximate surface area is 117 Å². The van der Waals surface area contributed by atoms with Gasteiger partial charge in [-0.3, -0.25) is 0 Å². The molecule has 0 aromatic carbocycles. The molecule has 90 valence electrons. The van der Waals surface area contributed by atoms with Gasteiger partial charge in [0.05, 0.1) is 27.3 Å². The summed E-state index contributed by atoms with van der Waals surface area (Å²) in [7, 11) is 0.